The third-order valence-corrected chi connectivity index (χ3v) is 4.73. The third-order valence-electron chi connectivity index (χ3n) is 4.73. The zero-order valence-electron chi connectivity index (χ0n) is 15.5. The summed E-state index contributed by atoms with van der Waals surface area (Å²) in [5.74, 6) is 0.0652. The van der Waals surface area contributed by atoms with E-state index in [1.54, 1.807) is 0 Å². The Bertz CT molecular complexity index is 1270. The number of fused-ring (bicyclic) bond motifs is 1. The van der Waals surface area contributed by atoms with Crippen molar-refractivity contribution >= 4 is 11.0 Å². The van der Waals surface area contributed by atoms with E-state index >= 15 is 0 Å². The van der Waals surface area contributed by atoms with Gasteiger partial charge in [-0.25, -0.2) is 4.79 Å². The van der Waals surface area contributed by atoms with E-state index in [0.29, 0.717) is 11.1 Å². The minimum atomic E-state index is -4.46. The summed E-state index contributed by atoms with van der Waals surface area (Å²) in [6.45, 7) is 3.90. The molecule has 29 heavy (non-hydrogen) atoms. The van der Waals surface area contributed by atoms with Gasteiger partial charge in [0.15, 0.2) is 0 Å². The van der Waals surface area contributed by atoms with E-state index in [1.807, 2.05) is 26.0 Å². The molecule has 2 aromatic carbocycles. The molecule has 4 rings (SSSR count). The van der Waals surface area contributed by atoms with Crippen LogP contribution < -0.4 is 5.63 Å². The Morgan fingerprint density at radius 1 is 1.10 bits per heavy atom. The highest BCUT2D eigenvalue weighted by atomic mass is 19.4. The first-order valence-electron chi connectivity index (χ1n) is 8.71. The number of rotatable bonds is 3. The number of nitrogens with zero attached hydrogens (tertiary/aromatic N) is 4. The monoisotopic (exact) mass is 400 g/mol. The van der Waals surface area contributed by atoms with Gasteiger partial charge in [-0.3, -0.25) is 0 Å². The number of tetrazole rings is 1. The van der Waals surface area contributed by atoms with Crippen molar-refractivity contribution in [1.29, 1.82) is 0 Å². The lowest BCUT2D eigenvalue weighted by molar-refractivity contribution is -0.137. The van der Waals surface area contributed by atoms with Gasteiger partial charge >= 0.3 is 11.8 Å². The average molecular weight is 400 g/mol. The maximum Gasteiger partial charge on any atom is 0.416 e. The first-order chi connectivity index (χ1) is 13.7. The van der Waals surface area contributed by atoms with Crippen molar-refractivity contribution in [3.8, 4) is 11.4 Å². The van der Waals surface area contributed by atoms with Crippen LogP contribution in [-0.4, -0.2) is 20.2 Å². The number of hydrogen-bond donors (Lipinski definition) is 0. The summed E-state index contributed by atoms with van der Waals surface area (Å²) in [5.41, 5.74) is 1.89. The highest BCUT2D eigenvalue weighted by molar-refractivity contribution is 5.83. The lowest BCUT2D eigenvalue weighted by atomic mass is 10.0. The third kappa shape index (κ3) is 3.63. The van der Waals surface area contributed by atoms with Crippen molar-refractivity contribution in [2.75, 3.05) is 0 Å². The molecule has 0 amide bonds. The summed E-state index contributed by atoms with van der Waals surface area (Å²) < 4.78 is 44.1. The minimum Gasteiger partial charge on any atom is -0.422 e. The zero-order valence-corrected chi connectivity index (χ0v) is 15.5. The van der Waals surface area contributed by atoms with Crippen LogP contribution in [0.2, 0.25) is 0 Å². The normalized spacial score (nSPS) is 11.9. The van der Waals surface area contributed by atoms with E-state index in [4.69, 9.17) is 4.42 Å². The Balaban J connectivity index is 1.71. The van der Waals surface area contributed by atoms with Crippen molar-refractivity contribution in [2.24, 2.45) is 0 Å². The van der Waals surface area contributed by atoms with Gasteiger partial charge in [-0.1, -0.05) is 24.3 Å². The summed E-state index contributed by atoms with van der Waals surface area (Å²) in [4.78, 5) is 13.2. The average Bonchev–Trinajstić information content (AvgIpc) is 3.13. The number of alkyl halides is 3. The Kier molecular flexibility index (Phi) is 4.45. The molecule has 0 saturated carbocycles. The molecular formula is C20H15F3N4O2. The second-order valence-electron chi connectivity index (χ2n) is 6.70. The molecule has 0 atom stereocenters. The lowest BCUT2D eigenvalue weighted by Gasteiger charge is -2.08. The number of benzene rings is 2. The first kappa shape index (κ1) is 18.9. The van der Waals surface area contributed by atoms with Gasteiger partial charge in [0.05, 0.1) is 12.1 Å². The van der Waals surface area contributed by atoms with Crippen LogP contribution >= 0.6 is 0 Å². The van der Waals surface area contributed by atoms with Crippen molar-refractivity contribution in [2.45, 2.75) is 26.6 Å². The van der Waals surface area contributed by atoms with Gasteiger partial charge in [0, 0.05) is 17.0 Å². The second-order valence-corrected chi connectivity index (χ2v) is 6.70. The van der Waals surface area contributed by atoms with Crippen molar-refractivity contribution in [3.05, 3.63) is 75.1 Å². The SMILES string of the molecule is Cc1ccc2c(Cn3nnc(-c4cccc(C(F)(F)F)c4)n3)cc(=O)oc2c1C. The van der Waals surface area contributed by atoms with E-state index in [0.717, 1.165) is 28.6 Å². The highest BCUT2D eigenvalue weighted by Gasteiger charge is 2.30. The summed E-state index contributed by atoms with van der Waals surface area (Å²) in [6.07, 6.45) is -4.46. The molecule has 0 spiro atoms. The van der Waals surface area contributed by atoms with Gasteiger partial charge in [-0.15, -0.1) is 10.2 Å². The highest BCUT2D eigenvalue weighted by Crippen LogP contribution is 2.31. The summed E-state index contributed by atoms with van der Waals surface area (Å²) in [6, 6.07) is 9.85. The predicted molar refractivity (Wildman–Crippen MR) is 99.3 cm³/mol. The number of aryl methyl sites for hydroxylation is 2. The van der Waals surface area contributed by atoms with Crippen LogP contribution in [-0.2, 0) is 12.7 Å². The molecule has 0 N–H and O–H groups in total. The molecule has 0 aliphatic heterocycles. The van der Waals surface area contributed by atoms with Crippen LogP contribution in [0.15, 0.2) is 51.7 Å². The van der Waals surface area contributed by atoms with Crippen LogP contribution in [0.3, 0.4) is 0 Å². The zero-order chi connectivity index (χ0) is 20.8. The van der Waals surface area contributed by atoms with E-state index in [-0.39, 0.29) is 17.9 Å². The van der Waals surface area contributed by atoms with E-state index < -0.39 is 17.4 Å². The van der Waals surface area contributed by atoms with Crippen molar-refractivity contribution in [3.63, 3.8) is 0 Å². The quantitative estimate of drug-likeness (QED) is 0.484. The molecular weight excluding hydrogens is 385 g/mol. The topological polar surface area (TPSA) is 73.8 Å². The standard InChI is InChI=1S/C20H15F3N4O2/c1-11-6-7-16-14(9-17(28)29-18(16)12(11)2)10-27-25-19(24-26-27)13-4-3-5-15(8-13)20(21,22)23/h3-9H,10H2,1-2H3. The Morgan fingerprint density at radius 2 is 1.90 bits per heavy atom. The number of halogens is 3. The molecule has 0 unspecified atom stereocenters. The molecule has 0 fully saturated rings. The van der Waals surface area contributed by atoms with Crippen LogP contribution in [0.4, 0.5) is 13.2 Å². The fraction of sp³-hybridized carbons (Fsp3) is 0.200. The van der Waals surface area contributed by atoms with Crippen LogP contribution in [0, 0.1) is 13.8 Å². The van der Waals surface area contributed by atoms with Crippen molar-refractivity contribution in [1.82, 2.24) is 20.2 Å². The van der Waals surface area contributed by atoms with Gasteiger partial charge in [0.2, 0.25) is 5.82 Å². The summed E-state index contributed by atoms with van der Waals surface area (Å²) in [7, 11) is 0. The fourth-order valence-electron chi connectivity index (χ4n) is 3.07. The molecule has 0 bridgehead atoms. The number of hydrogen-bond acceptors (Lipinski definition) is 5. The molecule has 4 aromatic rings. The van der Waals surface area contributed by atoms with E-state index in [9.17, 15) is 18.0 Å². The molecule has 2 heterocycles. The van der Waals surface area contributed by atoms with Gasteiger partial charge in [-0.05, 0) is 47.9 Å². The van der Waals surface area contributed by atoms with Crippen LogP contribution in [0.1, 0.15) is 22.3 Å². The van der Waals surface area contributed by atoms with E-state index in [2.05, 4.69) is 15.4 Å². The summed E-state index contributed by atoms with van der Waals surface area (Å²) in [5, 5.41) is 12.7. The van der Waals surface area contributed by atoms with Crippen molar-refractivity contribution < 1.29 is 17.6 Å². The molecule has 0 radical (unpaired) electrons. The lowest BCUT2D eigenvalue weighted by Crippen LogP contribution is -2.09. The van der Waals surface area contributed by atoms with Gasteiger partial charge in [0.25, 0.3) is 0 Å². The molecule has 0 saturated heterocycles. The predicted octanol–water partition coefficient (Wildman–Crippen LogP) is 4.13. The van der Waals surface area contributed by atoms with Gasteiger partial charge in [0.1, 0.15) is 5.58 Å². The second kappa shape index (κ2) is 6.84. The molecule has 2 aromatic heterocycles. The number of aromatic nitrogens is 4. The summed E-state index contributed by atoms with van der Waals surface area (Å²) >= 11 is 0. The molecule has 148 valence electrons. The molecule has 6 nitrogen and oxygen atoms in total. The minimum absolute atomic E-state index is 0.0652. The smallest absolute Gasteiger partial charge is 0.416 e. The van der Waals surface area contributed by atoms with Gasteiger partial charge < -0.3 is 4.42 Å². The van der Waals surface area contributed by atoms with E-state index in [1.165, 1.54) is 23.0 Å². The Labute approximate surface area is 162 Å². The first-order valence-corrected chi connectivity index (χ1v) is 8.71. The molecule has 0 aliphatic carbocycles. The fourth-order valence-corrected chi connectivity index (χ4v) is 3.07. The Morgan fingerprint density at radius 3 is 2.66 bits per heavy atom. The Hall–Kier alpha value is -3.49. The maximum absolute atomic E-state index is 12.9. The maximum atomic E-state index is 12.9. The van der Waals surface area contributed by atoms with Crippen LogP contribution in [0.25, 0.3) is 22.4 Å². The van der Waals surface area contributed by atoms with Crippen LogP contribution in [0.5, 0.6) is 0 Å². The molecule has 9 heteroatoms. The molecule has 0 aliphatic rings. The van der Waals surface area contributed by atoms with Gasteiger partial charge in [-0.2, -0.15) is 18.0 Å². The largest absolute Gasteiger partial charge is 0.422 e.